The average molecular weight is 309 g/mol. The van der Waals surface area contributed by atoms with E-state index in [0.29, 0.717) is 23.1 Å². The molecule has 0 aliphatic carbocycles. The summed E-state index contributed by atoms with van der Waals surface area (Å²) in [7, 11) is 4.01. The van der Waals surface area contributed by atoms with E-state index in [1.165, 1.54) is 11.0 Å². The van der Waals surface area contributed by atoms with Crippen molar-refractivity contribution in [2.24, 2.45) is 0 Å². The number of hydrogen-bond donors (Lipinski definition) is 1. The van der Waals surface area contributed by atoms with Crippen LogP contribution in [0.1, 0.15) is 11.1 Å². The molecule has 0 unspecified atom stereocenters. The molecule has 4 nitrogen and oxygen atoms in total. The zero-order chi connectivity index (χ0) is 16.6. The molecule has 0 atom stereocenters. The first kappa shape index (κ1) is 15.3. The predicted octanol–water partition coefficient (Wildman–Crippen LogP) is 1.49. The molecule has 3 rings (SSSR count). The smallest absolute Gasteiger partial charge is 0.336 e. The van der Waals surface area contributed by atoms with E-state index in [-0.39, 0.29) is 5.75 Å². The zero-order valence-electron chi connectivity index (χ0n) is 13.5. The van der Waals surface area contributed by atoms with Crippen molar-refractivity contribution in [2.45, 2.75) is 13.5 Å². The van der Waals surface area contributed by atoms with Crippen molar-refractivity contribution in [2.75, 3.05) is 14.1 Å². The summed E-state index contributed by atoms with van der Waals surface area (Å²) in [5.41, 5.74) is 3.02. The van der Waals surface area contributed by atoms with Crippen molar-refractivity contribution in [3.63, 3.8) is 0 Å². The summed E-state index contributed by atoms with van der Waals surface area (Å²) in [6.07, 6.45) is 0. The number of fused-ring (bicyclic) bond motifs is 1. The van der Waals surface area contributed by atoms with Gasteiger partial charge < -0.3 is 14.4 Å². The van der Waals surface area contributed by atoms with Gasteiger partial charge in [0.25, 0.3) is 0 Å². The van der Waals surface area contributed by atoms with Crippen molar-refractivity contribution in [1.29, 1.82) is 0 Å². The summed E-state index contributed by atoms with van der Waals surface area (Å²) in [6.45, 7) is 2.52. The minimum Gasteiger partial charge on any atom is -0.872 e. The molecule has 0 spiro atoms. The summed E-state index contributed by atoms with van der Waals surface area (Å²) in [5, 5.41) is 13.5. The van der Waals surface area contributed by atoms with Crippen molar-refractivity contribution < 1.29 is 14.4 Å². The molecule has 2 aromatic carbocycles. The summed E-state index contributed by atoms with van der Waals surface area (Å²) in [4.78, 5) is 13.1. The Morgan fingerprint density at radius 3 is 2.48 bits per heavy atom. The molecule has 0 radical (unpaired) electrons. The van der Waals surface area contributed by atoms with Crippen LogP contribution in [0.3, 0.4) is 0 Å². The van der Waals surface area contributed by atoms with E-state index in [1.807, 2.05) is 51.4 Å². The van der Waals surface area contributed by atoms with E-state index in [4.69, 9.17) is 4.42 Å². The Morgan fingerprint density at radius 2 is 1.83 bits per heavy atom. The molecular weight excluding hydrogens is 290 g/mol. The van der Waals surface area contributed by atoms with Gasteiger partial charge in [-0.15, -0.1) is 0 Å². The highest BCUT2D eigenvalue weighted by molar-refractivity contribution is 5.98. The van der Waals surface area contributed by atoms with Crippen LogP contribution >= 0.6 is 0 Å². The first-order valence-corrected chi connectivity index (χ1v) is 7.59. The minimum absolute atomic E-state index is 0.0520. The molecule has 0 amide bonds. The van der Waals surface area contributed by atoms with Gasteiger partial charge in [0.2, 0.25) is 0 Å². The second-order valence-electron chi connectivity index (χ2n) is 6.10. The van der Waals surface area contributed by atoms with Gasteiger partial charge in [0.05, 0.1) is 14.1 Å². The fraction of sp³-hybridized carbons (Fsp3) is 0.211. The van der Waals surface area contributed by atoms with Gasteiger partial charge >= 0.3 is 5.63 Å². The lowest BCUT2D eigenvalue weighted by Crippen LogP contribution is -3.04. The molecule has 0 bridgehead atoms. The van der Waals surface area contributed by atoms with Crippen LogP contribution in [0.25, 0.3) is 22.1 Å². The first-order valence-electron chi connectivity index (χ1n) is 7.59. The zero-order valence-corrected chi connectivity index (χ0v) is 13.5. The molecule has 0 aliphatic rings. The van der Waals surface area contributed by atoms with Gasteiger partial charge in [-0.05, 0) is 29.7 Å². The lowest BCUT2D eigenvalue weighted by molar-refractivity contribution is -0.872. The Bertz CT molecular complexity index is 911. The van der Waals surface area contributed by atoms with Crippen LogP contribution in [0, 0.1) is 6.92 Å². The third-order valence-corrected chi connectivity index (χ3v) is 3.93. The Balaban J connectivity index is 2.38. The second kappa shape index (κ2) is 5.89. The number of quaternary nitrogens is 1. The number of aryl methyl sites for hydroxylation is 1. The fourth-order valence-corrected chi connectivity index (χ4v) is 2.88. The predicted molar refractivity (Wildman–Crippen MR) is 88.6 cm³/mol. The molecule has 0 fully saturated rings. The molecule has 0 aliphatic heterocycles. The van der Waals surface area contributed by atoms with Crippen molar-refractivity contribution in [3.8, 4) is 16.9 Å². The number of rotatable bonds is 3. The van der Waals surface area contributed by atoms with Crippen LogP contribution < -0.4 is 15.6 Å². The molecule has 0 saturated carbocycles. The molecule has 118 valence electrons. The van der Waals surface area contributed by atoms with Gasteiger partial charge in [-0.2, -0.15) is 0 Å². The van der Waals surface area contributed by atoms with Crippen LogP contribution in [0.4, 0.5) is 0 Å². The van der Waals surface area contributed by atoms with Crippen LogP contribution in [-0.2, 0) is 6.54 Å². The van der Waals surface area contributed by atoms with Crippen LogP contribution in [0.5, 0.6) is 5.75 Å². The minimum atomic E-state index is -0.443. The van der Waals surface area contributed by atoms with Gasteiger partial charge in [0.1, 0.15) is 12.1 Å². The van der Waals surface area contributed by atoms with Gasteiger partial charge in [0.15, 0.2) is 0 Å². The summed E-state index contributed by atoms with van der Waals surface area (Å²) in [6, 6.07) is 12.7. The maximum absolute atomic E-state index is 13.0. The number of hydrogen-bond acceptors (Lipinski definition) is 3. The van der Waals surface area contributed by atoms with Gasteiger partial charge in [-0.1, -0.05) is 36.1 Å². The Labute approximate surface area is 134 Å². The Hall–Kier alpha value is -2.59. The molecule has 1 heterocycles. The lowest BCUT2D eigenvalue weighted by Gasteiger charge is -2.21. The molecule has 0 saturated heterocycles. The fourth-order valence-electron chi connectivity index (χ4n) is 2.88. The molecule has 4 heteroatoms. The third-order valence-electron chi connectivity index (χ3n) is 3.93. The second-order valence-corrected chi connectivity index (χ2v) is 6.10. The van der Waals surface area contributed by atoms with Crippen molar-refractivity contribution in [3.05, 3.63) is 64.0 Å². The standard InChI is InChI=1S/C19H19NO3/c1-12-9-16-18(19(22)15(12)11-20(2)3)14(10-17(21)23-16)13-7-5-4-6-8-13/h4-10,22H,11H2,1-3H3. The first-order chi connectivity index (χ1) is 11.0. The van der Waals surface area contributed by atoms with E-state index >= 15 is 0 Å². The number of nitrogens with one attached hydrogen (secondary N) is 1. The summed E-state index contributed by atoms with van der Waals surface area (Å²) >= 11 is 0. The van der Waals surface area contributed by atoms with E-state index in [2.05, 4.69) is 0 Å². The number of benzene rings is 2. The lowest BCUT2D eigenvalue weighted by atomic mass is 9.96. The van der Waals surface area contributed by atoms with E-state index in [9.17, 15) is 9.90 Å². The van der Waals surface area contributed by atoms with Crippen LogP contribution in [0.2, 0.25) is 0 Å². The largest absolute Gasteiger partial charge is 0.872 e. The van der Waals surface area contributed by atoms with Crippen LogP contribution in [-0.4, -0.2) is 14.1 Å². The Morgan fingerprint density at radius 1 is 1.13 bits per heavy atom. The molecule has 1 aromatic heterocycles. The maximum atomic E-state index is 13.0. The molecule has 23 heavy (non-hydrogen) atoms. The highest BCUT2D eigenvalue weighted by Gasteiger charge is 2.14. The summed E-state index contributed by atoms with van der Waals surface area (Å²) in [5.74, 6) is -0.0520. The molecular formula is C19H19NO3. The summed E-state index contributed by atoms with van der Waals surface area (Å²) < 4.78 is 5.28. The monoisotopic (exact) mass is 309 g/mol. The van der Waals surface area contributed by atoms with E-state index < -0.39 is 5.63 Å². The maximum Gasteiger partial charge on any atom is 0.336 e. The SMILES string of the molecule is Cc1cc2oc(=O)cc(-c3ccccc3)c2c([O-])c1C[NH+](C)C. The quantitative estimate of drug-likeness (QED) is 0.746. The molecule has 1 N–H and O–H groups in total. The topological polar surface area (TPSA) is 57.7 Å². The van der Waals surface area contributed by atoms with Crippen molar-refractivity contribution in [1.82, 2.24) is 0 Å². The van der Waals surface area contributed by atoms with Gasteiger partial charge in [-0.3, -0.25) is 0 Å². The normalized spacial score (nSPS) is 11.3. The highest BCUT2D eigenvalue weighted by atomic mass is 16.4. The Kier molecular flexibility index (Phi) is 3.92. The van der Waals surface area contributed by atoms with E-state index in [0.717, 1.165) is 16.7 Å². The third kappa shape index (κ3) is 2.85. The van der Waals surface area contributed by atoms with Crippen LogP contribution in [0.15, 0.2) is 51.7 Å². The van der Waals surface area contributed by atoms with E-state index in [1.54, 1.807) is 6.07 Å². The van der Waals surface area contributed by atoms with Gasteiger partial charge in [0, 0.05) is 17.0 Å². The average Bonchev–Trinajstić information content (AvgIpc) is 2.51. The molecule has 3 aromatic rings. The van der Waals surface area contributed by atoms with Gasteiger partial charge in [-0.25, -0.2) is 4.79 Å². The highest BCUT2D eigenvalue weighted by Crippen LogP contribution is 2.35. The van der Waals surface area contributed by atoms with Crippen molar-refractivity contribution >= 4 is 11.0 Å².